The Morgan fingerprint density at radius 2 is 2.04 bits per heavy atom. The van der Waals surface area contributed by atoms with Crippen LogP contribution in [0.25, 0.3) is 0 Å². The minimum atomic E-state index is 0.187. The van der Waals surface area contributed by atoms with Gasteiger partial charge in [0.25, 0.3) is 0 Å². The molecule has 2 aliphatic rings. The summed E-state index contributed by atoms with van der Waals surface area (Å²) in [5.41, 5.74) is 1.48. The van der Waals surface area contributed by atoms with Gasteiger partial charge in [-0.05, 0) is 56.7 Å². The predicted molar refractivity (Wildman–Crippen MR) is 111 cm³/mol. The van der Waals surface area contributed by atoms with Gasteiger partial charge in [0.1, 0.15) is 11.8 Å². The summed E-state index contributed by atoms with van der Waals surface area (Å²) in [5, 5.41) is 13.8. The van der Waals surface area contributed by atoms with Gasteiger partial charge >= 0.3 is 0 Å². The summed E-state index contributed by atoms with van der Waals surface area (Å²) in [6.45, 7) is 0.749. The van der Waals surface area contributed by atoms with Gasteiger partial charge in [-0.15, -0.1) is 0 Å². The molecule has 27 heavy (non-hydrogen) atoms. The standard InChI is InChI=1S/C21H23Cl2N3O/c22-16-3-1-2-4-18(25-13-16)14-26-17-6-9-19(10-7-17)27-20-8-5-15(12-24)21(23)11-20/h2,4-5,8,11,13,17,19,26H,1,3,6-7,9-10,14H2. The molecule has 0 amide bonds. The van der Waals surface area contributed by atoms with Crippen LogP contribution in [0, 0.1) is 11.3 Å². The van der Waals surface area contributed by atoms with Gasteiger partial charge in [-0.1, -0.05) is 29.3 Å². The van der Waals surface area contributed by atoms with Crippen LogP contribution < -0.4 is 10.1 Å². The van der Waals surface area contributed by atoms with E-state index >= 15 is 0 Å². The lowest BCUT2D eigenvalue weighted by Crippen LogP contribution is -2.38. The third-order valence-corrected chi connectivity index (χ3v) is 5.44. The van der Waals surface area contributed by atoms with Crippen LogP contribution >= 0.6 is 23.2 Å². The molecule has 0 radical (unpaired) electrons. The molecule has 1 aliphatic heterocycles. The average molecular weight is 404 g/mol. The third-order valence-electron chi connectivity index (χ3n) is 4.84. The van der Waals surface area contributed by atoms with Gasteiger partial charge in [0.05, 0.1) is 22.4 Å². The molecule has 0 spiro atoms. The van der Waals surface area contributed by atoms with Gasteiger partial charge in [0, 0.05) is 29.9 Å². The number of nitrogens with one attached hydrogen (secondary N) is 1. The highest BCUT2D eigenvalue weighted by Gasteiger charge is 2.22. The summed E-state index contributed by atoms with van der Waals surface area (Å²) in [4.78, 5) is 4.46. The van der Waals surface area contributed by atoms with Crippen molar-refractivity contribution in [2.75, 3.05) is 6.54 Å². The quantitative estimate of drug-likeness (QED) is 0.719. The van der Waals surface area contributed by atoms with Crippen LogP contribution in [0.2, 0.25) is 5.02 Å². The molecule has 3 rings (SSSR count). The Morgan fingerprint density at radius 1 is 1.22 bits per heavy atom. The second-order valence-corrected chi connectivity index (χ2v) is 7.76. The lowest BCUT2D eigenvalue weighted by Gasteiger charge is -2.29. The molecule has 1 N–H and O–H groups in total. The van der Waals surface area contributed by atoms with Gasteiger partial charge in [-0.25, -0.2) is 0 Å². The first-order chi connectivity index (χ1) is 13.1. The molecule has 6 heteroatoms. The first kappa shape index (κ1) is 19.9. The molecule has 0 saturated heterocycles. The normalized spacial score (nSPS) is 22.9. The van der Waals surface area contributed by atoms with Crippen molar-refractivity contribution in [2.24, 2.45) is 4.99 Å². The minimum absolute atomic E-state index is 0.187. The number of rotatable bonds is 5. The molecule has 1 aromatic carbocycles. The van der Waals surface area contributed by atoms with Gasteiger partial charge in [0.2, 0.25) is 0 Å². The number of nitriles is 1. The molecule has 1 heterocycles. The zero-order chi connectivity index (χ0) is 19.1. The third kappa shape index (κ3) is 6.10. The van der Waals surface area contributed by atoms with E-state index in [1.807, 2.05) is 6.07 Å². The lowest BCUT2D eigenvalue weighted by molar-refractivity contribution is 0.141. The van der Waals surface area contributed by atoms with Crippen molar-refractivity contribution >= 4 is 28.9 Å². The molecule has 0 unspecified atom stereocenters. The van der Waals surface area contributed by atoms with Crippen LogP contribution in [0.4, 0.5) is 0 Å². The van der Waals surface area contributed by atoms with E-state index < -0.39 is 0 Å². The first-order valence-corrected chi connectivity index (χ1v) is 10.1. The van der Waals surface area contributed by atoms with Crippen LogP contribution in [-0.4, -0.2) is 24.4 Å². The number of hydrogen-bond donors (Lipinski definition) is 1. The molecule has 4 nitrogen and oxygen atoms in total. The van der Waals surface area contributed by atoms with E-state index in [1.54, 1.807) is 18.3 Å². The fourth-order valence-electron chi connectivity index (χ4n) is 3.29. The molecule has 1 saturated carbocycles. The Hall–Kier alpha value is -1.80. The number of ether oxygens (including phenoxy) is 1. The Labute approximate surface area is 170 Å². The smallest absolute Gasteiger partial charge is 0.121 e. The van der Waals surface area contributed by atoms with E-state index in [4.69, 9.17) is 33.2 Å². The first-order valence-electron chi connectivity index (χ1n) is 9.31. The van der Waals surface area contributed by atoms with Gasteiger partial charge in [-0.2, -0.15) is 5.26 Å². The fourth-order valence-corrected chi connectivity index (χ4v) is 3.66. The van der Waals surface area contributed by atoms with Gasteiger partial charge in [-0.3, -0.25) is 4.99 Å². The monoisotopic (exact) mass is 403 g/mol. The zero-order valence-electron chi connectivity index (χ0n) is 15.1. The van der Waals surface area contributed by atoms with Crippen molar-refractivity contribution in [3.05, 3.63) is 52.2 Å². The molecule has 1 aromatic rings. The Kier molecular flexibility index (Phi) is 7.34. The highest BCUT2D eigenvalue weighted by atomic mass is 35.5. The summed E-state index contributed by atoms with van der Waals surface area (Å²) in [6.07, 6.45) is 12.1. The van der Waals surface area contributed by atoms with Crippen LogP contribution in [0.3, 0.4) is 0 Å². The fraction of sp³-hybridized carbons (Fsp3) is 0.429. The number of aliphatic imine (C=N–C) groups is 1. The highest BCUT2D eigenvalue weighted by molar-refractivity contribution is 6.31. The second-order valence-electron chi connectivity index (χ2n) is 6.86. The maximum atomic E-state index is 8.94. The Balaban J connectivity index is 1.45. The lowest BCUT2D eigenvalue weighted by atomic mass is 9.93. The molecule has 1 fully saturated rings. The minimum Gasteiger partial charge on any atom is -0.490 e. The largest absolute Gasteiger partial charge is 0.490 e. The number of hydrogen-bond acceptors (Lipinski definition) is 4. The maximum absolute atomic E-state index is 8.94. The summed E-state index contributed by atoms with van der Waals surface area (Å²) in [7, 11) is 0. The number of benzene rings is 1. The van der Waals surface area contributed by atoms with Gasteiger partial charge in [0.15, 0.2) is 0 Å². The summed E-state index contributed by atoms with van der Waals surface area (Å²) in [6, 6.07) is 7.77. The topological polar surface area (TPSA) is 57.4 Å². The molecule has 0 aromatic heterocycles. The molecular weight excluding hydrogens is 381 g/mol. The Bertz CT molecular complexity index is 787. The zero-order valence-corrected chi connectivity index (χ0v) is 16.6. The SMILES string of the molecule is N#Cc1ccc(OC2CCC(NCC3=NC=C(Cl)CCC=C3)CC2)cc1Cl. The van der Waals surface area contributed by atoms with Crippen LogP contribution in [-0.2, 0) is 0 Å². The van der Waals surface area contributed by atoms with Crippen molar-refractivity contribution in [2.45, 2.75) is 50.7 Å². The average Bonchev–Trinajstić information content (AvgIpc) is 2.66. The van der Waals surface area contributed by atoms with Crippen molar-refractivity contribution in [3.63, 3.8) is 0 Å². The van der Waals surface area contributed by atoms with Crippen molar-refractivity contribution < 1.29 is 4.74 Å². The molecule has 0 atom stereocenters. The van der Waals surface area contributed by atoms with Crippen molar-refractivity contribution in [1.29, 1.82) is 5.26 Å². The maximum Gasteiger partial charge on any atom is 0.121 e. The van der Waals surface area contributed by atoms with E-state index in [0.717, 1.165) is 61.6 Å². The van der Waals surface area contributed by atoms with Gasteiger partial charge < -0.3 is 10.1 Å². The summed E-state index contributed by atoms with van der Waals surface area (Å²) in [5.74, 6) is 0.730. The predicted octanol–water partition coefficient (Wildman–Crippen LogP) is 5.36. The molecule has 142 valence electrons. The van der Waals surface area contributed by atoms with E-state index in [1.165, 1.54) is 0 Å². The number of halogens is 2. The number of nitrogens with zero attached hydrogens (tertiary/aromatic N) is 2. The van der Waals surface area contributed by atoms with E-state index in [9.17, 15) is 0 Å². The number of allylic oxidation sites excluding steroid dienone is 2. The van der Waals surface area contributed by atoms with Crippen LogP contribution in [0.5, 0.6) is 5.75 Å². The van der Waals surface area contributed by atoms with Crippen molar-refractivity contribution in [3.8, 4) is 11.8 Å². The summed E-state index contributed by atoms with van der Waals surface area (Å²) < 4.78 is 6.04. The van der Waals surface area contributed by atoms with Crippen LogP contribution in [0.15, 0.2) is 46.6 Å². The van der Waals surface area contributed by atoms with E-state index in [-0.39, 0.29) is 6.10 Å². The van der Waals surface area contributed by atoms with E-state index in [2.05, 4.69) is 28.5 Å². The van der Waals surface area contributed by atoms with Crippen molar-refractivity contribution in [1.82, 2.24) is 5.32 Å². The second kappa shape index (κ2) is 9.94. The van der Waals surface area contributed by atoms with Crippen LogP contribution in [0.1, 0.15) is 44.1 Å². The molecule has 0 bridgehead atoms. The molecule has 1 aliphatic carbocycles. The Morgan fingerprint density at radius 3 is 2.78 bits per heavy atom. The highest BCUT2D eigenvalue weighted by Crippen LogP contribution is 2.27. The van der Waals surface area contributed by atoms with E-state index in [0.29, 0.717) is 16.6 Å². The summed E-state index contributed by atoms with van der Waals surface area (Å²) >= 11 is 12.2. The molecular formula is C21H23Cl2N3O.